The number of amides is 1. The average molecular weight is 338 g/mol. The summed E-state index contributed by atoms with van der Waals surface area (Å²) >= 11 is 0. The summed E-state index contributed by atoms with van der Waals surface area (Å²) in [6, 6.07) is 5.91. The van der Waals surface area contributed by atoms with Crippen LogP contribution in [-0.4, -0.2) is 29.5 Å². The SMILES string of the molecule is CCC1(C(=O)NCCc2nc3c(C)cccc3o2)CCCN1.Cl. The summed E-state index contributed by atoms with van der Waals surface area (Å²) in [6.07, 6.45) is 3.41. The van der Waals surface area contributed by atoms with Crippen LogP contribution < -0.4 is 10.6 Å². The van der Waals surface area contributed by atoms with Crippen molar-refractivity contribution in [2.24, 2.45) is 0 Å². The van der Waals surface area contributed by atoms with Crippen LogP contribution in [-0.2, 0) is 11.2 Å². The molecule has 2 heterocycles. The number of fused-ring (bicyclic) bond motifs is 1. The lowest BCUT2D eigenvalue weighted by Crippen LogP contribution is -2.53. The maximum Gasteiger partial charge on any atom is 0.240 e. The van der Waals surface area contributed by atoms with Gasteiger partial charge in [0.25, 0.3) is 0 Å². The first-order valence-corrected chi connectivity index (χ1v) is 8.03. The fourth-order valence-electron chi connectivity index (χ4n) is 3.15. The maximum atomic E-state index is 12.4. The molecule has 1 fully saturated rings. The number of benzene rings is 1. The molecule has 0 saturated carbocycles. The van der Waals surface area contributed by atoms with E-state index in [4.69, 9.17) is 4.42 Å². The molecular weight excluding hydrogens is 314 g/mol. The number of carbonyl (C=O) groups is 1. The smallest absolute Gasteiger partial charge is 0.240 e. The van der Waals surface area contributed by atoms with Crippen LogP contribution in [0.1, 0.15) is 37.6 Å². The molecule has 0 bridgehead atoms. The lowest BCUT2D eigenvalue weighted by atomic mass is 9.93. The van der Waals surface area contributed by atoms with Gasteiger partial charge in [0.1, 0.15) is 5.52 Å². The van der Waals surface area contributed by atoms with Crippen molar-refractivity contribution in [2.45, 2.75) is 45.1 Å². The summed E-state index contributed by atoms with van der Waals surface area (Å²) in [6.45, 7) is 5.55. The molecule has 2 N–H and O–H groups in total. The number of nitrogens with zero attached hydrogens (tertiary/aromatic N) is 1. The Bertz CT molecular complexity index is 678. The fraction of sp³-hybridized carbons (Fsp3) is 0.529. The van der Waals surface area contributed by atoms with Crippen molar-refractivity contribution in [1.82, 2.24) is 15.6 Å². The summed E-state index contributed by atoms with van der Waals surface area (Å²) in [5.41, 5.74) is 2.45. The molecule has 0 spiro atoms. The summed E-state index contributed by atoms with van der Waals surface area (Å²) in [7, 11) is 0. The van der Waals surface area contributed by atoms with Gasteiger partial charge in [-0.05, 0) is 44.4 Å². The third-order valence-electron chi connectivity index (χ3n) is 4.57. The van der Waals surface area contributed by atoms with Crippen LogP contribution in [0.15, 0.2) is 22.6 Å². The van der Waals surface area contributed by atoms with E-state index in [9.17, 15) is 4.79 Å². The summed E-state index contributed by atoms with van der Waals surface area (Å²) in [4.78, 5) is 16.9. The lowest BCUT2D eigenvalue weighted by molar-refractivity contribution is -0.127. The van der Waals surface area contributed by atoms with Gasteiger partial charge in [-0.25, -0.2) is 4.98 Å². The first-order chi connectivity index (χ1) is 10.6. The number of aryl methyl sites for hydroxylation is 1. The number of nitrogens with one attached hydrogen (secondary N) is 2. The molecule has 1 aromatic carbocycles. The molecule has 0 aliphatic carbocycles. The molecule has 1 aromatic heterocycles. The number of rotatable bonds is 5. The average Bonchev–Trinajstić information content (AvgIpc) is 3.14. The molecule has 1 atom stereocenters. The molecular formula is C17H24ClN3O2. The van der Waals surface area contributed by atoms with Gasteiger partial charge in [0.15, 0.2) is 11.5 Å². The van der Waals surface area contributed by atoms with Crippen molar-refractivity contribution >= 4 is 29.4 Å². The first kappa shape index (κ1) is 17.8. The van der Waals surface area contributed by atoms with Crippen molar-refractivity contribution in [3.8, 4) is 0 Å². The molecule has 23 heavy (non-hydrogen) atoms. The predicted octanol–water partition coefficient (Wildman–Crippen LogP) is 2.75. The van der Waals surface area contributed by atoms with Gasteiger partial charge < -0.3 is 15.1 Å². The Morgan fingerprint density at radius 3 is 2.96 bits per heavy atom. The van der Waals surface area contributed by atoms with Crippen LogP contribution in [0.4, 0.5) is 0 Å². The Hall–Kier alpha value is -1.59. The van der Waals surface area contributed by atoms with E-state index in [0.29, 0.717) is 18.9 Å². The molecule has 0 radical (unpaired) electrons. The number of carbonyl (C=O) groups excluding carboxylic acids is 1. The zero-order chi connectivity index (χ0) is 15.6. The normalized spacial score (nSPS) is 20.4. The van der Waals surface area contributed by atoms with E-state index in [2.05, 4.69) is 22.5 Å². The van der Waals surface area contributed by atoms with Crippen molar-refractivity contribution in [3.05, 3.63) is 29.7 Å². The highest BCUT2D eigenvalue weighted by molar-refractivity contribution is 5.86. The van der Waals surface area contributed by atoms with Crippen molar-refractivity contribution < 1.29 is 9.21 Å². The standard InChI is InChI=1S/C17H23N3O2.ClH/c1-3-17(9-5-10-19-17)16(21)18-11-8-14-20-15-12(2)6-4-7-13(15)22-14;/h4,6-7,19H,3,5,8-11H2,1-2H3,(H,18,21);1H. The van der Waals surface area contributed by atoms with Gasteiger partial charge in [-0.3, -0.25) is 4.79 Å². The van der Waals surface area contributed by atoms with E-state index in [1.165, 1.54) is 0 Å². The minimum Gasteiger partial charge on any atom is -0.441 e. The minimum atomic E-state index is -0.377. The quantitative estimate of drug-likeness (QED) is 0.880. The van der Waals surface area contributed by atoms with Gasteiger partial charge in [-0.2, -0.15) is 0 Å². The zero-order valence-corrected chi connectivity index (χ0v) is 14.5. The lowest BCUT2D eigenvalue weighted by Gasteiger charge is -2.26. The molecule has 6 heteroatoms. The van der Waals surface area contributed by atoms with Gasteiger partial charge in [0, 0.05) is 13.0 Å². The van der Waals surface area contributed by atoms with E-state index in [1.54, 1.807) is 0 Å². The number of halogens is 1. The van der Waals surface area contributed by atoms with Gasteiger partial charge in [0.05, 0.1) is 5.54 Å². The van der Waals surface area contributed by atoms with Crippen LogP contribution in [0.3, 0.4) is 0 Å². The van der Waals surface area contributed by atoms with E-state index in [0.717, 1.165) is 42.5 Å². The van der Waals surface area contributed by atoms with E-state index < -0.39 is 0 Å². The Morgan fingerprint density at radius 2 is 2.30 bits per heavy atom. The van der Waals surface area contributed by atoms with Gasteiger partial charge >= 0.3 is 0 Å². The van der Waals surface area contributed by atoms with Crippen molar-refractivity contribution in [2.75, 3.05) is 13.1 Å². The molecule has 1 aliphatic heterocycles. The third-order valence-corrected chi connectivity index (χ3v) is 4.57. The van der Waals surface area contributed by atoms with E-state index in [1.807, 2.05) is 25.1 Å². The number of hydrogen-bond donors (Lipinski definition) is 2. The van der Waals surface area contributed by atoms with Crippen molar-refractivity contribution in [3.63, 3.8) is 0 Å². The molecule has 1 aliphatic rings. The number of hydrogen-bond acceptors (Lipinski definition) is 4. The summed E-state index contributed by atoms with van der Waals surface area (Å²) < 4.78 is 5.73. The highest BCUT2D eigenvalue weighted by Crippen LogP contribution is 2.23. The second kappa shape index (κ2) is 7.32. The Labute approximate surface area is 142 Å². The molecule has 1 unspecified atom stereocenters. The largest absolute Gasteiger partial charge is 0.441 e. The number of oxazole rings is 1. The number of para-hydroxylation sites is 1. The van der Waals surface area contributed by atoms with Crippen molar-refractivity contribution in [1.29, 1.82) is 0 Å². The van der Waals surface area contributed by atoms with Crippen LogP contribution in [0.25, 0.3) is 11.1 Å². The third kappa shape index (κ3) is 3.51. The number of aromatic nitrogens is 1. The topological polar surface area (TPSA) is 67.2 Å². The van der Waals surface area contributed by atoms with Crippen LogP contribution in [0, 0.1) is 6.92 Å². The highest BCUT2D eigenvalue weighted by atomic mass is 35.5. The maximum absolute atomic E-state index is 12.4. The van der Waals surface area contributed by atoms with Gasteiger partial charge in [0.2, 0.25) is 5.91 Å². The first-order valence-electron chi connectivity index (χ1n) is 8.03. The molecule has 2 aromatic rings. The second-order valence-corrected chi connectivity index (χ2v) is 6.00. The summed E-state index contributed by atoms with van der Waals surface area (Å²) in [5.74, 6) is 0.773. The highest BCUT2D eigenvalue weighted by Gasteiger charge is 2.38. The predicted molar refractivity (Wildman–Crippen MR) is 93.0 cm³/mol. The fourth-order valence-corrected chi connectivity index (χ4v) is 3.15. The monoisotopic (exact) mass is 337 g/mol. The van der Waals surface area contributed by atoms with Gasteiger partial charge in [-0.15, -0.1) is 12.4 Å². The second-order valence-electron chi connectivity index (χ2n) is 6.00. The van der Waals surface area contributed by atoms with E-state index in [-0.39, 0.29) is 23.9 Å². The summed E-state index contributed by atoms with van der Waals surface area (Å²) in [5, 5.41) is 6.37. The van der Waals surface area contributed by atoms with Crippen LogP contribution in [0.5, 0.6) is 0 Å². The molecule has 126 valence electrons. The van der Waals surface area contributed by atoms with Crippen LogP contribution in [0.2, 0.25) is 0 Å². The Balaban J connectivity index is 0.00000192. The Kier molecular flexibility index (Phi) is 5.65. The zero-order valence-electron chi connectivity index (χ0n) is 13.6. The molecule has 1 saturated heterocycles. The molecule has 5 nitrogen and oxygen atoms in total. The molecule has 1 amide bonds. The van der Waals surface area contributed by atoms with Crippen LogP contribution >= 0.6 is 12.4 Å². The van der Waals surface area contributed by atoms with Gasteiger partial charge in [-0.1, -0.05) is 19.1 Å². The van der Waals surface area contributed by atoms with E-state index >= 15 is 0 Å². The molecule has 3 rings (SSSR count). The Morgan fingerprint density at radius 1 is 1.48 bits per heavy atom. The minimum absolute atomic E-state index is 0.